The Morgan fingerprint density at radius 2 is 1.90 bits per heavy atom. The monoisotopic (exact) mass is 284 g/mol. The maximum absolute atomic E-state index is 11.9. The van der Waals surface area contributed by atoms with Crippen LogP contribution in [0.3, 0.4) is 0 Å². The van der Waals surface area contributed by atoms with Gasteiger partial charge in [-0.3, -0.25) is 9.59 Å². The maximum Gasteiger partial charge on any atom is 0.322 e. The van der Waals surface area contributed by atoms with E-state index in [9.17, 15) is 9.59 Å². The number of esters is 1. The minimum Gasteiger partial charge on any atom is -0.463 e. The van der Waals surface area contributed by atoms with Crippen molar-refractivity contribution in [3.05, 3.63) is 0 Å². The van der Waals surface area contributed by atoms with Crippen molar-refractivity contribution in [2.24, 2.45) is 17.6 Å². The summed E-state index contributed by atoms with van der Waals surface area (Å²) in [4.78, 5) is 23.6. The quantitative estimate of drug-likeness (QED) is 0.688. The topological polar surface area (TPSA) is 81.4 Å². The number of ether oxygens (including phenoxy) is 1. The van der Waals surface area contributed by atoms with E-state index in [1.54, 1.807) is 0 Å². The van der Waals surface area contributed by atoms with Crippen molar-refractivity contribution in [1.29, 1.82) is 0 Å². The van der Waals surface area contributed by atoms with Gasteiger partial charge in [0.1, 0.15) is 12.6 Å². The van der Waals surface area contributed by atoms with Crippen LogP contribution in [0.15, 0.2) is 0 Å². The molecule has 2 unspecified atom stereocenters. The Morgan fingerprint density at radius 3 is 2.45 bits per heavy atom. The van der Waals surface area contributed by atoms with Crippen LogP contribution in [0.4, 0.5) is 0 Å². The summed E-state index contributed by atoms with van der Waals surface area (Å²) in [6.45, 7) is 8.15. The first-order valence-electron chi connectivity index (χ1n) is 7.53. The van der Waals surface area contributed by atoms with Crippen molar-refractivity contribution in [1.82, 2.24) is 5.32 Å². The van der Waals surface area contributed by atoms with Crippen LogP contribution in [-0.2, 0) is 14.3 Å². The second-order valence-electron chi connectivity index (χ2n) is 6.42. The number of carbonyl (C=O) groups excluding carboxylic acids is 2. The summed E-state index contributed by atoms with van der Waals surface area (Å²) >= 11 is 0. The van der Waals surface area contributed by atoms with E-state index in [0.717, 1.165) is 12.8 Å². The molecule has 3 N–H and O–H groups in total. The standard InChI is InChI=1S/C15H28N2O3/c1-9(2)7-12(16)15(19)20-8-11-5-6-13(17-11)14(18)10(3)4/h9-13,17H,5-8,16H2,1-4H3/t11?,12-,13?/m0/s1. The number of Topliss-reactive ketones (excluding diaryl/α,β-unsaturated/α-hetero) is 1. The van der Waals surface area contributed by atoms with Gasteiger partial charge < -0.3 is 15.8 Å². The Labute approximate surface area is 121 Å². The fraction of sp³-hybridized carbons (Fsp3) is 0.867. The molecule has 1 heterocycles. The van der Waals surface area contributed by atoms with Crippen molar-refractivity contribution in [3.63, 3.8) is 0 Å². The smallest absolute Gasteiger partial charge is 0.322 e. The molecule has 0 aromatic rings. The fourth-order valence-electron chi connectivity index (χ4n) is 2.47. The lowest BCUT2D eigenvalue weighted by Crippen LogP contribution is -2.41. The highest BCUT2D eigenvalue weighted by molar-refractivity contribution is 5.86. The second kappa shape index (κ2) is 7.74. The molecule has 0 spiro atoms. The summed E-state index contributed by atoms with van der Waals surface area (Å²) in [5.74, 6) is 0.290. The summed E-state index contributed by atoms with van der Waals surface area (Å²) in [5, 5.41) is 3.24. The fourth-order valence-corrected chi connectivity index (χ4v) is 2.47. The number of nitrogens with one attached hydrogen (secondary N) is 1. The molecule has 1 saturated heterocycles. The predicted molar refractivity (Wildman–Crippen MR) is 78.2 cm³/mol. The zero-order valence-corrected chi connectivity index (χ0v) is 13.0. The van der Waals surface area contributed by atoms with Gasteiger partial charge in [-0.15, -0.1) is 0 Å². The third-order valence-electron chi connectivity index (χ3n) is 3.61. The highest BCUT2D eigenvalue weighted by Crippen LogP contribution is 2.16. The van der Waals surface area contributed by atoms with Gasteiger partial charge in [-0.1, -0.05) is 27.7 Å². The van der Waals surface area contributed by atoms with Crippen molar-refractivity contribution in [2.75, 3.05) is 6.61 Å². The third kappa shape index (κ3) is 5.21. The Bertz CT molecular complexity index is 342. The molecule has 1 rings (SSSR count). The summed E-state index contributed by atoms with van der Waals surface area (Å²) in [6.07, 6.45) is 2.30. The summed E-state index contributed by atoms with van der Waals surface area (Å²) in [6, 6.07) is -0.578. The van der Waals surface area contributed by atoms with E-state index in [-0.39, 0.29) is 29.8 Å². The first-order valence-corrected chi connectivity index (χ1v) is 7.53. The molecule has 1 aliphatic rings. The van der Waals surface area contributed by atoms with E-state index in [0.29, 0.717) is 18.9 Å². The lowest BCUT2D eigenvalue weighted by molar-refractivity contribution is -0.146. The molecule has 0 radical (unpaired) electrons. The van der Waals surface area contributed by atoms with Gasteiger partial charge in [-0.25, -0.2) is 0 Å². The van der Waals surface area contributed by atoms with E-state index in [1.807, 2.05) is 27.7 Å². The van der Waals surface area contributed by atoms with Crippen molar-refractivity contribution in [3.8, 4) is 0 Å². The predicted octanol–water partition coefficient (Wildman–Crippen LogP) is 1.25. The molecule has 0 aliphatic carbocycles. The normalized spacial score (nSPS) is 24.1. The lowest BCUT2D eigenvalue weighted by atomic mass is 10.0. The molecule has 0 bridgehead atoms. The largest absolute Gasteiger partial charge is 0.463 e. The second-order valence-corrected chi connectivity index (χ2v) is 6.42. The average molecular weight is 284 g/mol. The van der Waals surface area contributed by atoms with Gasteiger partial charge in [0.05, 0.1) is 6.04 Å². The van der Waals surface area contributed by atoms with Crippen LogP contribution in [0.25, 0.3) is 0 Å². The first kappa shape index (κ1) is 17.1. The molecule has 20 heavy (non-hydrogen) atoms. The molecule has 0 saturated carbocycles. The van der Waals surface area contributed by atoms with Crippen molar-refractivity contribution < 1.29 is 14.3 Å². The molecule has 1 aliphatic heterocycles. The van der Waals surface area contributed by atoms with Crippen LogP contribution in [0.5, 0.6) is 0 Å². The Hall–Kier alpha value is -0.940. The zero-order chi connectivity index (χ0) is 15.3. The SMILES string of the molecule is CC(C)C[C@H](N)C(=O)OCC1CCC(C(=O)C(C)C)N1. The van der Waals surface area contributed by atoms with Gasteiger partial charge in [0.25, 0.3) is 0 Å². The molecular weight excluding hydrogens is 256 g/mol. The number of rotatable bonds is 7. The molecule has 116 valence electrons. The minimum absolute atomic E-state index is 0.0354. The molecule has 1 fully saturated rings. The van der Waals surface area contributed by atoms with Crippen molar-refractivity contribution >= 4 is 11.8 Å². The van der Waals surface area contributed by atoms with E-state index in [4.69, 9.17) is 10.5 Å². The molecule has 0 amide bonds. The van der Waals surface area contributed by atoms with Crippen LogP contribution >= 0.6 is 0 Å². The Balaban J connectivity index is 2.30. The van der Waals surface area contributed by atoms with Crippen LogP contribution in [0.2, 0.25) is 0 Å². The highest BCUT2D eigenvalue weighted by Gasteiger charge is 2.31. The highest BCUT2D eigenvalue weighted by atomic mass is 16.5. The van der Waals surface area contributed by atoms with Crippen LogP contribution in [0.1, 0.15) is 47.0 Å². The minimum atomic E-state index is -0.551. The summed E-state index contributed by atoms with van der Waals surface area (Å²) in [7, 11) is 0. The van der Waals surface area contributed by atoms with Gasteiger partial charge in [0.15, 0.2) is 5.78 Å². The first-order chi connectivity index (χ1) is 9.31. The molecule has 3 atom stereocenters. The van der Waals surface area contributed by atoms with Crippen LogP contribution < -0.4 is 11.1 Å². The summed E-state index contributed by atoms with van der Waals surface area (Å²) < 4.78 is 5.24. The van der Waals surface area contributed by atoms with Gasteiger partial charge >= 0.3 is 5.97 Å². The number of hydrogen-bond donors (Lipinski definition) is 2. The number of carbonyl (C=O) groups is 2. The number of ketones is 1. The molecule has 5 heteroatoms. The molecular formula is C15H28N2O3. The Morgan fingerprint density at radius 1 is 1.25 bits per heavy atom. The number of nitrogens with two attached hydrogens (primary N) is 1. The third-order valence-corrected chi connectivity index (χ3v) is 3.61. The van der Waals surface area contributed by atoms with E-state index >= 15 is 0 Å². The van der Waals surface area contributed by atoms with Gasteiger partial charge in [0, 0.05) is 12.0 Å². The van der Waals surface area contributed by atoms with Gasteiger partial charge in [-0.2, -0.15) is 0 Å². The summed E-state index contributed by atoms with van der Waals surface area (Å²) in [5.41, 5.74) is 5.77. The van der Waals surface area contributed by atoms with E-state index in [1.165, 1.54) is 0 Å². The molecule has 5 nitrogen and oxygen atoms in total. The van der Waals surface area contributed by atoms with E-state index < -0.39 is 6.04 Å². The van der Waals surface area contributed by atoms with Gasteiger partial charge in [-0.05, 0) is 25.2 Å². The zero-order valence-electron chi connectivity index (χ0n) is 13.0. The number of hydrogen-bond acceptors (Lipinski definition) is 5. The molecule has 0 aromatic carbocycles. The van der Waals surface area contributed by atoms with Gasteiger partial charge in [0.2, 0.25) is 0 Å². The average Bonchev–Trinajstić information content (AvgIpc) is 2.82. The van der Waals surface area contributed by atoms with Crippen LogP contribution in [-0.4, -0.2) is 36.5 Å². The lowest BCUT2D eigenvalue weighted by Gasteiger charge is -2.17. The van der Waals surface area contributed by atoms with E-state index in [2.05, 4.69) is 5.32 Å². The molecule has 0 aromatic heterocycles. The van der Waals surface area contributed by atoms with Crippen LogP contribution in [0, 0.1) is 11.8 Å². The Kier molecular flexibility index (Phi) is 6.62. The van der Waals surface area contributed by atoms with Crippen molar-refractivity contribution in [2.45, 2.75) is 65.1 Å². The maximum atomic E-state index is 11.9.